The Morgan fingerprint density at radius 2 is 1.82 bits per heavy atom. The van der Waals surface area contributed by atoms with Crippen LogP contribution in [-0.2, 0) is 9.59 Å². The molecule has 0 aromatic carbocycles. The van der Waals surface area contributed by atoms with E-state index in [1.165, 1.54) is 4.90 Å². The van der Waals surface area contributed by atoms with Gasteiger partial charge < -0.3 is 10.0 Å². The number of amides is 1. The van der Waals surface area contributed by atoms with E-state index >= 15 is 0 Å². The third kappa shape index (κ3) is 8.65. The van der Waals surface area contributed by atoms with Crippen molar-refractivity contribution in [2.75, 3.05) is 19.8 Å². The summed E-state index contributed by atoms with van der Waals surface area (Å²) < 4.78 is 11.8. The molecule has 0 saturated carbocycles. The maximum atomic E-state index is 11.8. The number of halogens is 1. The lowest BCUT2D eigenvalue weighted by Gasteiger charge is -2.19. The second kappa shape index (κ2) is 10.1. The molecule has 17 heavy (non-hydrogen) atoms. The van der Waals surface area contributed by atoms with Crippen LogP contribution in [-0.4, -0.2) is 41.6 Å². The fraction of sp³-hybridized carbons (Fsp3) is 0.833. The van der Waals surface area contributed by atoms with E-state index in [2.05, 4.69) is 0 Å². The summed E-state index contributed by atoms with van der Waals surface area (Å²) in [6.07, 6.45) is 3.97. The molecule has 0 atom stereocenters. The molecule has 0 aliphatic rings. The van der Waals surface area contributed by atoms with Gasteiger partial charge in [0.25, 0.3) is 0 Å². The van der Waals surface area contributed by atoms with Gasteiger partial charge in [0.15, 0.2) is 0 Å². The molecule has 0 heterocycles. The van der Waals surface area contributed by atoms with Gasteiger partial charge in [-0.05, 0) is 19.3 Å². The van der Waals surface area contributed by atoms with Crippen molar-refractivity contribution in [3.8, 4) is 0 Å². The van der Waals surface area contributed by atoms with Crippen LogP contribution in [0.2, 0.25) is 0 Å². The first-order valence-corrected chi connectivity index (χ1v) is 6.17. The predicted octanol–water partition coefficient (Wildman–Crippen LogP) is 2.23. The number of hydrogen-bond donors (Lipinski definition) is 1. The van der Waals surface area contributed by atoms with Gasteiger partial charge in [0.05, 0.1) is 6.67 Å². The van der Waals surface area contributed by atoms with Gasteiger partial charge in [-0.25, -0.2) is 0 Å². The topological polar surface area (TPSA) is 57.6 Å². The summed E-state index contributed by atoms with van der Waals surface area (Å²) >= 11 is 0. The Bertz CT molecular complexity index is 234. The lowest BCUT2D eigenvalue weighted by Crippen LogP contribution is -2.36. The van der Waals surface area contributed by atoms with Gasteiger partial charge in [0.1, 0.15) is 6.54 Å². The van der Waals surface area contributed by atoms with E-state index in [0.29, 0.717) is 25.8 Å². The molecule has 1 N–H and O–H groups in total. The van der Waals surface area contributed by atoms with Crippen molar-refractivity contribution in [1.29, 1.82) is 0 Å². The number of nitrogens with zero attached hydrogens (tertiary/aromatic N) is 1. The lowest BCUT2D eigenvalue weighted by atomic mass is 10.1. The number of aliphatic carboxylic acids is 1. The van der Waals surface area contributed by atoms with E-state index in [1.54, 1.807) is 0 Å². The fourth-order valence-corrected chi connectivity index (χ4v) is 1.61. The molecular formula is C12H22FNO3. The Hall–Kier alpha value is -1.13. The van der Waals surface area contributed by atoms with Crippen LogP contribution in [0.1, 0.15) is 45.4 Å². The molecule has 0 spiro atoms. The molecule has 5 heteroatoms. The third-order valence-electron chi connectivity index (χ3n) is 2.45. The summed E-state index contributed by atoms with van der Waals surface area (Å²) in [5, 5.41) is 8.67. The minimum absolute atomic E-state index is 0.116. The molecule has 0 bridgehead atoms. The number of carbonyl (C=O) groups excluding carboxylic acids is 1. The standard InChI is InChI=1S/C12H22FNO3/c1-2-9-14(10-12(16)17)11(15)7-5-3-4-6-8-13/h2-10H2,1H3,(H,16,17). The Morgan fingerprint density at radius 3 is 2.35 bits per heavy atom. The maximum absolute atomic E-state index is 11.8. The van der Waals surface area contributed by atoms with Crippen LogP contribution in [0.5, 0.6) is 0 Å². The Kier molecular flexibility index (Phi) is 9.38. The van der Waals surface area contributed by atoms with Crippen molar-refractivity contribution in [2.24, 2.45) is 0 Å². The van der Waals surface area contributed by atoms with Crippen LogP contribution < -0.4 is 0 Å². The predicted molar refractivity (Wildman–Crippen MR) is 63.6 cm³/mol. The van der Waals surface area contributed by atoms with Crippen LogP contribution >= 0.6 is 0 Å². The normalized spacial score (nSPS) is 10.2. The summed E-state index contributed by atoms with van der Waals surface area (Å²) in [6, 6.07) is 0. The zero-order valence-corrected chi connectivity index (χ0v) is 10.5. The molecule has 4 nitrogen and oxygen atoms in total. The largest absolute Gasteiger partial charge is 0.480 e. The number of alkyl halides is 1. The van der Waals surface area contributed by atoms with Gasteiger partial charge in [-0.2, -0.15) is 0 Å². The van der Waals surface area contributed by atoms with Crippen LogP contribution in [0.15, 0.2) is 0 Å². The van der Waals surface area contributed by atoms with Crippen molar-refractivity contribution in [3.63, 3.8) is 0 Å². The van der Waals surface area contributed by atoms with E-state index in [9.17, 15) is 14.0 Å². The summed E-state index contributed by atoms with van der Waals surface area (Å²) in [5.41, 5.74) is 0. The Labute approximate surface area is 102 Å². The van der Waals surface area contributed by atoms with E-state index in [0.717, 1.165) is 19.3 Å². The van der Waals surface area contributed by atoms with Gasteiger partial charge in [0, 0.05) is 13.0 Å². The van der Waals surface area contributed by atoms with Gasteiger partial charge in [-0.1, -0.05) is 19.8 Å². The first-order valence-electron chi connectivity index (χ1n) is 6.17. The molecular weight excluding hydrogens is 225 g/mol. The zero-order chi connectivity index (χ0) is 13.1. The van der Waals surface area contributed by atoms with Crippen molar-refractivity contribution >= 4 is 11.9 Å². The molecule has 0 radical (unpaired) electrons. The smallest absolute Gasteiger partial charge is 0.323 e. The second-order valence-electron chi connectivity index (χ2n) is 4.06. The number of carboxylic acids is 1. The minimum atomic E-state index is -0.982. The van der Waals surface area contributed by atoms with Crippen LogP contribution in [0.25, 0.3) is 0 Å². The first kappa shape index (κ1) is 15.9. The summed E-state index contributed by atoms with van der Waals surface area (Å²) in [5.74, 6) is -1.10. The number of unbranched alkanes of at least 4 members (excludes halogenated alkanes) is 3. The first-order chi connectivity index (χ1) is 8.11. The van der Waals surface area contributed by atoms with Gasteiger partial charge >= 0.3 is 5.97 Å². The van der Waals surface area contributed by atoms with Crippen molar-refractivity contribution in [3.05, 3.63) is 0 Å². The van der Waals surface area contributed by atoms with Gasteiger partial charge in [0.2, 0.25) is 5.91 Å². The van der Waals surface area contributed by atoms with E-state index in [1.807, 2.05) is 6.92 Å². The monoisotopic (exact) mass is 247 g/mol. The number of rotatable bonds is 10. The van der Waals surface area contributed by atoms with Crippen LogP contribution in [0.3, 0.4) is 0 Å². The van der Waals surface area contributed by atoms with E-state index in [-0.39, 0.29) is 19.1 Å². The SMILES string of the molecule is CCCN(CC(=O)O)C(=O)CCCCCCF. The highest BCUT2D eigenvalue weighted by Crippen LogP contribution is 2.06. The van der Waals surface area contributed by atoms with Gasteiger partial charge in [-0.3, -0.25) is 14.0 Å². The van der Waals surface area contributed by atoms with Crippen molar-refractivity contribution < 1.29 is 19.1 Å². The Morgan fingerprint density at radius 1 is 1.18 bits per heavy atom. The van der Waals surface area contributed by atoms with Crippen LogP contribution in [0, 0.1) is 0 Å². The van der Waals surface area contributed by atoms with Crippen LogP contribution in [0.4, 0.5) is 4.39 Å². The molecule has 0 aliphatic heterocycles. The summed E-state index contributed by atoms with van der Waals surface area (Å²) in [4.78, 5) is 23.6. The van der Waals surface area contributed by atoms with Gasteiger partial charge in [-0.15, -0.1) is 0 Å². The van der Waals surface area contributed by atoms with Crippen molar-refractivity contribution in [1.82, 2.24) is 4.90 Å². The molecule has 1 amide bonds. The molecule has 0 aromatic rings. The quantitative estimate of drug-likeness (QED) is 0.602. The third-order valence-corrected chi connectivity index (χ3v) is 2.45. The lowest BCUT2D eigenvalue weighted by molar-refractivity contribution is -0.144. The Balaban J connectivity index is 3.84. The zero-order valence-electron chi connectivity index (χ0n) is 10.5. The molecule has 0 unspecified atom stereocenters. The highest BCUT2D eigenvalue weighted by Gasteiger charge is 2.14. The second-order valence-corrected chi connectivity index (χ2v) is 4.06. The summed E-state index contributed by atoms with van der Waals surface area (Å²) in [7, 11) is 0. The molecule has 0 aliphatic carbocycles. The molecule has 0 aromatic heterocycles. The molecule has 0 fully saturated rings. The number of carbonyl (C=O) groups is 2. The molecule has 0 saturated heterocycles. The fourth-order valence-electron chi connectivity index (χ4n) is 1.61. The average molecular weight is 247 g/mol. The van der Waals surface area contributed by atoms with E-state index in [4.69, 9.17) is 5.11 Å². The highest BCUT2D eigenvalue weighted by atomic mass is 19.1. The highest BCUT2D eigenvalue weighted by molar-refractivity contribution is 5.81. The van der Waals surface area contributed by atoms with Crippen molar-refractivity contribution in [2.45, 2.75) is 45.4 Å². The average Bonchev–Trinajstić information content (AvgIpc) is 2.27. The number of hydrogen-bond acceptors (Lipinski definition) is 2. The summed E-state index contributed by atoms with van der Waals surface area (Å²) in [6.45, 7) is 1.85. The molecule has 100 valence electrons. The maximum Gasteiger partial charge on any atom is 0.323 e. The number of carboxylic acid groups (broad SMARTS) is 1. The minimum Gasteiger partial charge on any atom is -0.480 e. The molecule has 0 rings (SSSR count). The van der Waals surface area contributed by atoms with E-state index < -0.39 is 5.97 Å².